The topological polar surface area (TPSA) is 51.5 Å². The van der Waals surface area contributed by atoms with Crippen molar-refractivity contribution in [1.29, 1.82) is 0 Å². The van der Waals surface area contributed by atoms with Crippen molar-refractivity contribution in [2.75, 3.05) is 13.2 Å². The normalized spacial score (nSPS) is 17.0. The zero-order valence-electron chi connectivity index (χ0n) is 9.76. The van der Waals surface area contributed by atoms with Gasteiger partial charge in [-0.15, -0.1) is 0 Å². The van der Waals surface area contributed by atoms with Crippen molar-refractivity contribution >= 4 is 5.91 Å². The quantitative estimate of drug-likeness (QED) is 0.899. The molecular formula is C14H13NO3. The SMILES string of the molecule is O=C(NCC1COc2ccccc21)c1ccoc1. The Hall–Kier alpha value is -2.23. The fourth-order valence-corrected chi connectivity index (χ4v) is 2.11. The van der Waals surface area contributed by atoms with E-state index in [1.807, 2.05) is 24.3 Å². The molecule has 0 fully saturated rings. The highest BCUT2D eigenvalue weighted by Gasteiger charge is 2.24. The van der Waals surface area contributed by atoms with Gasteiger partial charge in [0, 0.05) is 18.0 Å². The molecule has 0 radical (unpaired) electrons. The summed E-state index contributed by atoms with van der Waals surface area (Å²) in [6.45, 7) is 1.19. The number of benzene rings is 1. The van der Waals surface area contributed by atoms with Gasteiger partial charge in [0.15, 0.2) is 0 Å². The van der Waals surface area contributed by atoms with E-state index in [2.05, 4.69) is 5.32 Å². The van der Waals surface area contributed by atoms with Crippen LogP contribution in [0.1, 0.15) is 21.8 Å². The van der Waals surface area contributed by atoms with Crippen LogP contribution in [0, 0.1) is 0 Å². The van der Waals surface area contributed by atoms with Gasteiger partial charge in [0.1, 0.15) is 12.0 Å². The Morgan fingerprint density at radius 1 is 1.33 bits per heavy atom. The number of fused-ring (bicyclic) bond motifs is 1. The molecule has 18 heavy (non-hydrogen) atoms. The lowest BCUT2D eigenvalue weighted by molar-refractivity contribution is 0.0949. The molecule has 4 nitrogen and oxygen atoms in total. The highest BCUT2D eigenvalue weighted by Crippen LogP contribution is 2.32. The second kappa shape index (κ2) is 4.56. The molecule has 0 saturated heterocycles. The molecule has 1 aliphatic heterocycles. The lowest BCUT2D eigenvalue weighted by atomic mass is 10.0. The maximum Gasteiger partial charge on any atom is 0.254 e. The first-order valence-electron chi connectivity index (χ1n) is 5.87. The summed E-state index contributed by atoms with van der Waals surface area (Å²) >= 11 is 0. The first kappa shape index (κ1) is 10.9. The van der Waals surface area contributed by atoms with Crippen LogP contribution in [0.4, 0.5) is 0 Å². The minimum Gasteiger partial charge on any atom is -0.493 e. The number of carbonyl (C=O) groups is 1. The summed E-state index contributed by atoms with van der Waals surface area (Å²) in [6, 6.07) is 9.57. The van der Waals surface area contributed by atoms with E-state index in [9.17, 15) is 4.79 Å². The van der Waals surface area contributed by atoms with Crippen LogP contribution in [0.3, 0.4) is 0 Å². The predicted octanol–water partition coefficient (Wildman–Crippen LogP) is 2.19. The number of amides is 1. The number of ether oxygens (including phenoxy) is 1. The third-order valence-corrected chi connectivity index (χ3v) is 3.09. The van der Waals surface area contributed by atoms with E-state index in [0.717, 1.165) is 11.3 Å². The average Bonchev–Trinajstić information content (AvgIpc) is 3.06. The third kappa shape index (κ3) is 1.97. The van der Waals surface area contributed by atoms with Crippen LogP contribution in [0.15, 0.2) is 47.3 Å². The predicted molar refractivity (Wildman–Crippen MR) is 65.7 cm³/mol. The van der Waals surface area contributed by atoms with Crippen LogP contribution in [0.5, 0.6) is 5.75 Å². The molecule has 0 spiro atoms. The second-order valence-electron chi connectivity index (χ2n) is 4.27. The van der Waals surface area contributed by atoms with Crippen molar-refractivity contribution in [2.45, 2.75) is 5.92 Å². The number of hydrogen-bond acceptors (Lipinski definition) is 3. The van der Waals surface area contributed by atoms with Gasteiger partial charge in [-0.25, -0.2) is 0 Å². The highest BCUT2D eigenvalue weighted by atomic mass is 16.5. The van der Waals surface area contributed by atoms with Crippen LogP contribution >= 0.6 is 0 Å². The van der Waals surface area contributed by atoms with E-state index in [1.54, 1.807) is 6.07 Å². The van der Waals surface area contributed by atoms with Gasteiger partial charge in [0.25, 0.3) is 5.91 Å². The molecule has 2 heterocycles. The Kier molecular flexibility index (Phi) is 2.76. The van der Waals surface area contributed by atoms with Crippen molar-refractivity contribution in [3.63, 3.8) is 0 Å². The molecule has 1 amide bonds. The summed E-state index contributed by atoms with van der Waals surface area (Å²) in [4.78, 5) is 11.8. The molecule has 1 aromatic carbocycles. The summed E-state index contributed by atoms with van der Waals surface area (Å²) in [5, 5.41) is 2.89. The van der Waals surface area contributed by atoms with Gasteiger partial charge in [-0.2, -0.15) is 0 Å². The Bertz CT molecular complexity index is 548. The molecule has 0 bridgehead atoms. The second-order valence-corrected chi connectivity index (χ2v) is 4.27. The molecule has 1 unspecified atom stereocenters. The monoisotopic (exact) mass is 243 g/mol. The summed E-state index contributed by atoms with van der Waals surface area (Å²) in [5.41, 5.74) is 1.70. The van der Waals surface area contributed by atoms with Gasteiger partial charge in [-0.05, 0) is 12.1 Å². The van der Waals surface area contributed by atoms with Crippen LogP contribution in [0.25, 0.3) is 0 Å². The first-order valence-corrected chi connectivity index (χ1v) is 5.87. The average molecular weight is 243 g/mol. The number of nitrogens with one attached hydrogen (secondary N) is 1. The standard InChI is InChI=1S/C14H13NO3/c16-14(10-5-6-17-8-10)15-7-11-9-18-13-4-2-1-3-12(11)13/h1-6,8,11H,7,9H2,(H,15,16). The maximum absolute atomic E-state index is 11.8. The van der Waals surface area contributed by atoms with Crippen LogP contribution in [-0.4, -0.2) is 19.1 Å². The smallest absolute Gasteiger partial charge is 0.254 e. The number of furan rings is 1. The Morgan fingerprint density at radius 3 is 3.06 bits per heavy atom. The van der Waals surface area contributed by atoms with Crippen molar-refractivity contribution in [3.05, 3.63) is 54.0 Å². The molecule has 1 N–H and O–H groups in total. The molecule has 92 valence electrons. The Labute approximate surface area is 105 Å². The molecule has 0 saturated carbocycles. The maximum atomic E-state index is 11.8. The van der Waals surface area contributed by atoms with E-state index in [4.69, 9.17) is 9.15 Å². The summed E-state index contributed by atoms with van der Waals surface area (Å²) in [7, 11) is 0. The van der Waals surface area contributed by atoms with Crippen LogP contribution in [-0.2, 0) is 0 Å². The zero-order chi connectivity index (χ0) is 12.4. The van der Waals surface area contributed by atoms with Crippen molar-refractivity contribution < 1.29 is 13.9 Å². The minimum atomic E-state index is -0.117. The first-order chi connectivity index (χ1) is 8.84. The van der Waals surface area contributed by atoms with Crippen LogP contribution in [0.2, 0.25) is 0 Å². The van der Waals surface area contributed by atoms with Crippen molar-refractivity contribution in [1.82, 2.24) is 5.32 Å². The van der Waals surface area contributed by atoms with Gasteiger partial charge in [0.2, 0.25) is 0 Å². The van der Waals surface area contributed by atoms with Gasteiger partial charge < -0.3 is 14.5 Å². The molecule has 2 aromatic rings. The van der Waals surface area contributed by atoms with E-state index in [0.29, 0.717) is 18.7 Å². The molecule has 3 rings (SSSR count). The highest BCUT2D eigenvalue weighted by molar-refractivity contribution is 5.93. The molecule has 4 heteroatoms. The lowest BCUT2D eigenvalue weighted by Gasteiger charge is -2.09. The molecule has 1 aliphatic rings. The summed E-state index contributed by atoms with van der Waals surface area (Å²) < 4.78 is 10.4. The van der Waals surface area contributed by atoms with E-state index in [-0.39, 0.29) is 11.8 Å². The zero-order valence-corrected chi connectivity index (χ0v) is 9.76. The lowest BCUT2D eigenvalue weighted by Crippen LogP contribution is -2.28. The summed E-state index contributed by atoms with van der Waals surface area (Å²) in [6.07, 6.45) is 2.93. The van der Waals surface area contributed by atoms with Gasteiger partial charge in [-0.3, -0.25) is 4.79 Å². The number of para-hydroxylation sites is 1. The van der Waals surface area contributed by atoms with Gasteiger partial charge in [0.05, 0.1) is 18.4 Å². The van der Waals surface area contributed by atoms with Crippen molar-refractivity contribution in [3.8, 4) is 5.75 Å². The molecule has 0 aliphatic carbocycles. The Balaban J connectivity index is 1.64. The third-order valence-electron chi connectivity index (χ3n) is 3.09. The number of carbonyl (C=O) groups excluding carboxylic acids is 1. The van der Waals surface area contributed by atoms with Gasteiger partial charge in [-0.1, -0.05) is 18.2 Å². The van der Waals surface area contributed by atoms with E-state index >= 15 is 0 Å². The van der Waals surface area contributed by atoms with Gasteiger partial charge >= 0.3 is 0 Å². The fraction of sp³-hybridized carbons (Fsp3) is 0.214. The minimum absolute atomic E-state index is 0.117. The van der Waals surface area contributed by atoms with E-state index in [1.165, 1.54) is 12.5 Å². The molecule has 1 atom stereocenters. The Morgan fingerprint density at radius 2 is 2.22 bits per heavy atom. The van der Waals surface area contributed by atoms with E-state index < -0.39 is 0 Å². The molecular weight excluding hydrogens is 230 g/mol. The number of hydrogen-bond donors (Lipinski definition) is 1. The van der Waals surface area contributed by atoms with Crippen LogP contribution < -0.4 is 10.1 Å². The van der Waals surface area contributed by atoms with Crippen molar-refractivity contribution in [2.24, 2.45) is 0 Å². The summed E-state index contributed by atoms with van der Waals surface area (Å²) in [5.74, 6) is 1.02. The largest absolute Gasteiger partial charge is 0.493 e. The molecule has 1 aromatic heterocycles. The number of rotatable bonds is 3. The fourth-order valence-electron chi connectivity index (χ4n) is 2.11.